The number of aromatic hydroxyl groups is 1. The number of carboxylic acid groups (broad SMARTS) is 1. The van der Waals surface area contributed by atoms with Crippen LogP contribution in [0.2, 0.25) is 0 Å². The molecule has 1 amide bonds. The average molecular weight is 442 g/mol. The third kappa shape index (κ3) is 4.83. The number of aromatic carboxylic acids is 1. The van der Waals surface area contributed by atoms with Gasteiger partial charge in [0.2, 0.25) is 0 Å². The second kappa shape index (κ2) is 9.57. The Kier molecular flexibility index (Phi) is 6.86. The number of carbonyl (C=O) groups is 2. The highest BCUT2D eigenvalue weighted by Crippen LogP contribution is 2.36. The molecule has 0 spiro atoms. The number of phenols is 1. The van der Waals surface area contributed by atoms with Gasteiger partial charge in [-0.3, -0.25) is 9.69 Å². The number of amidine groups is 1. The molecule has 0 radical (unpaired) electrons. The number of benzene rings is 2. The topological polar surface area (TPSA) is 109 Å². The van der Waals surface area contributed by atoms with E-state index >= 15 is 0 Å². The lowest BCUT2D eigenvalue weighted by atomic mass is 10.2. The third-order valence-electron chi connectivity index (χ3n) is 4.43. The van der Waals surface area contributed by atoms with Crippen molar-refractivity contribution < 1.29 is 29.3 Å². The molecule has 1 aliphatic rings. The van der Waals surface area contributed by atoms with Crippen LogP contribution < -0.4 is 9.47 Å². The number of carbonyl (C=O) groups excluding carboxylic acids is 1. The van der Waals surface area contributed by atoms with E-state index in [0.29, 0.717) is 40.4 Å². The number of thioether (sulfide) groups is 1. The van der Waals surface area contributed by atoms with Gasteiger partial charge in [-0.2, -0.15) is 0 Å². The summed E-state index contributed by atoms with van der Waals surface area (Å²) in [5, 5.41) is 19.4. The summed E-state index contributed by atoms with van der Waals surface area (Å²) in [6, 6.07) is 9.43. The van der Waals surface area contributed by atoms with Gasteiger partial charge in [0, 0.05) is 12.6 Å². The van der Waals surface area contributed by atoms with Gasteiger partial charge in [0.15, 0.2) is 16.7 Å². The number of aliphatic imine (C=N–C) groups is 1. The first-order valence-corrected chi connectivity index (χ1v) is 10.4. The van der Waals surface area contributed by atoms with Gasteiger partial charge in [-0.25, -0.2) is 9.79 Å². The molecule has 0 aromatic heterocycles. The molecule has 1 aliphatic heterocycles. The Bertz CT molecular complexity index is 1080. The lowest BCUT2D eigenvalue weighted by molar-refractivity contribution is -0.122. The van der Waals surface area contributed by atoms with Gasteiger partial charge in [0.25, 0.3) is 5.91 Å². The Balaban J connectivity index is 1.92. The summed E-state index contributed by atoms with van der Waals surface area (Å²) in [5.74, 6) is -0.607. The van der Waals surface area contributed by atoms with Crippen molar-refractivity contribution >= 4 is 40.6 Å². The van der Waals surface area contributed by atoms with Crippen molar-refractivity contribution in [2.24, 2.45) is 4.99 Å². The molecular weight excluding hydrogens is 420 g/mol. The van der Waals surface area contributed by atoms with Crippen LogP contribution in [0.5, 0.6) is 17.2 Å². The first-order chi connectivity index (χ1) is 14.9. The average Bonchev–Trinajstić information content (AvgIpc) is 3.02. The van der Waals surface area contributed by atoms with Crippen LogP contribution >= 0.6 is 11.8 Å². The number of amides is 1. The highest BCUT2D eigenvalue weighted by atomic mass is 32.2. The maximum atomic E-state index is 12.8. The van der Waals surface area contributed by atoms with Crippen molar-refractivity contribution in [2.75, 3.05) is 20.3 Å². The fraction of sp³-hybridized carbons (Fsp3) is 0.227. The first-order valence-electron chi connectivity index (χ1n) is 9.55. The summed E-state index contributed by atoms with van der Waals surface area (Å²) >= 11 is 1.20. The fourth-order valence-corrected chi connectivity index (χ4v) is 4.01. The van der Waals surface area contributed by atoms with Crippen molar-refractivity contribution in [3.63, 3.8) is 0 Å². The molecule has 1 saturated heterocycles. The van der Waals surface area contributed by atoms with Crippen molar-refractivity contribution in [1.29, 1.82) is 0 Å². The summed E-state index contributed by atoms with van der Waals surface area (Å²) < 4.78 is 10.9. The van der Waals surface area contributed by atoms with E-state index < -0.39 is 5.97 Å². The minimum Gasteiger partial charge on any atom is -0.507 e. The second-order valence-electron chi connectivity index (χ2n) is 6.40. The number of hydrogen-bond donors (Lipinski definition) is 2. The summed E-state index contributed by atoms with van der Waals surface area (Å²) in [4.78, 5) is 30.3. The SMILES string of the molecule is CCOc1ccc(/C=C2\SC(=Nc3ccc(C(=O)O)c(O)c3)N(CC)C2=O)cc1OC. The molecule has 2 N–H and O–H groups in total. The molecule has 2 aromatic rings. The number of hydrogen-bond acceptors (Lipinski definition) is 7. The molecule has 8 nitrogen and oxygen atoms in total. The minimum absolute atomic E-state index is 0.189. The molecule has 0 atom stereocenters. The van der Waals surface area contributed by atoms with Gasteiger partial charge in [0.05, 0.1) is 24.3 Å². The summed E-state index contributed by atoms with van der Waals surface area (Å²) in [6.07, 6.45) is 1.75. The number of rotatable bonds is 7. The van der Waals surface area contributed by atoms with Crippen LogP contribution in [-0.2, 0) is 4.79 Å². The van der Waals surface area contributed by atoms with E-state index in [1.54, 1.807) is 25.3 Å². The zero-order valence-electron chi connectivity index (χ0n) is 17.3. The smallest absolute Gasteiger partial charge is 0.339 e. The molecule has 0 aliphatic carbocycles. The van der Waals surface area contributed by atoms with Gasteiger partial charge in [-0.1, -0.05) is 6.07 Å². The lowest BCUT2D eigenvalue weighted by Crippen LogP contribution is -2.28. The molecule has 0 unspecified atom stereocenters. The van der Waals surface area contributed by atoms with Crippen molar-refractivity contribution in [3.05, 3.63) is 52.4 Å². The Morgan fingerprint density at radius 1 is 1.19 bits per heavy atom. The number of methoxy groups -OCH3 is 1. The van der Waals surface area contributed by atoms with E-state index in [0.717, 1.165) is 5.56 Å². The Labute approximate surface area is 183 Å². The van der Waals surface area contributed by atoms with Crippen molar-refractivity contribution in [2.45, 2.75) is 13.8 Å². The molecule has 1 fully saturated rings. The molecule has 31 heavy (non-hydrogen) atoms. The molecule has 0 saturated carbocycles. The van der Waals surface area contributed by atoms with E-state index in [1.807, 2.05) is 19.9 Å². The van der Waals surface area contributed by atoms with Crippen molar-refractivity contribution in [1.82, 2.24) is 4.90 Å². The van der Waals surface area contributed by atoms with Crippen LogP contribution in [0.25, 0.3) is 6.08 Å². The third-order valence-corrected chi connectivity index (χ3v) is 5.43. The van der Waals surface area contributed by atoms with E-state index in [2.05, 4.69) is 4.99 Å². The number of likely N-dealkylation sites (N-methyl/N-ethyl adjacent to an activating group) is 1. The Morgan fingerprint density at radius 2 is 1.97 bits per heavy atom. The molecule has 0 bridgehead atoms. The maximum absolute atomic E-state index is 12.8. The van der Waals surface area contributed by atoms with Gasteiger partial charge < -0.3 is 19.7 Å². The van der Waals surface area contributed by atoms with E-state index in [1.165, 1.54) is 34.9 Å². The van der Waals surface area contributed by atoms with Gasteiger partial charge in [0.1, 0.15) is 11.3 Å². The predicted molar refractivity (Wildman–Crippen MR) is 119 cm³/mol. The highest BCUT2D eigenvalue weighted by molar-refractivity contribution is 8.18. The Morgan fingerprint density at radius 3 is 2.58 bits per heavy atom. The summed E-state index contributed by atoms with van der Waals surface area (Å²) in [7, 11) is 1.55. The van der Waals surface area contributed by atoms with Crippen LogP contribution in [-0.4, -0.2) is 52.4 Å². The fourth-order valence-electron chi connectivity index (χ4n) is 2.95. The predicted octanol–water partition coefficient (Wildman–Crippen LogP) is 4.12. The van der Waals surface area contributed by atoms with Gasteiger partial charge >= 0.3 is 5.97 Å². The largest absolute Gasteiger partial charge is 0.507 e. The van der Waals surface area contributed by atoms with E-state index in [4.69, 9.17) is 14.6 Å². The standard InChI is InChI=1S/C22H22N2O6S/c1-4-24-20(26)19(11-13-6-9-17(30-5-2)18(10-13)29-3)31-22(24)23-14-7-8-15(21(27)28)16(25)12-14/h6-12,25H,4-5H2,1-3H3,(H,27,28)/b19-11-,23-22?. The van der Waals surface area contributed by atoms with Gasteiger partial charge in [-0.05, 0) is 61.5 Å². The van der Waals surface area contributed by atoms with Crippen LogP contribution in [0.4, 0.5) is 5.69 Å². The Hall–Kier alpha value is -3.46. The number of nitrogens with zero attached hydrogens (tertiary/aromatic N) is 2. The van der Waals surface area contributed by atoms with Crippen LogP contribution in [0.3, 0.4) is 0 Å². The molecule has 9 heteroatoms. The first kappa shape index (κ1) is 22.2. The monoisotopic (exact) mass is 442 g/mol. The van der Waals surface area contributed by atoms with Crippen molar-refractivity contribution in [3.8, 4) is 17.2 Å². The second-order valence-corrected chi connectivity index (χ2v) is 7.41. The van der Waals surface area contributed by atoms with E-state index in [9.17, 15) is 14.7 Å². The molecule has 2 aromatic carbocycles. The van der Waals surface area contributed by atoms with Crippen LogP contribution in [0, 0.1) is 0 Å². The zero-order valence-corrected chi connectivity index (χ0v) is 18.1. The molecule has 3 rings (SSSR count). The molecule has 1 heterocycles. The highest BCUT2D eigenvalue weighted by Gasteiger charge is 2.32. The van der Waals surface area contributed by atoms with Crippen LogP contribution in [0.1, 0.15) is 29.8 Å². The molecule has 162 valence electrons. The quantitative estimate of drug-likeness (QED) is 0.621. The lowest BCUT2D eigenvalue weighted by Gasteiger charge is -2.12. The van der Waals surface area contributed by atoms with E-state index in [-0.39, 0.29) is 17.2 Å². The van der Waals surface area contributed by atoms with Gasteiger partial charge in [-0.15, -0.1) is 0 Å². The minimum atomic E-state index is -1.23. The molecular formula is C22H22N2O6S. The van der Waals surface area contributed by atoms with Crippen LogP contribution in [0.15, 0.2) is 46.3 Å². The maximum Gasteiger partial charge on any atom is 0.339 e. The normalized spacial score (nSPS) is 16.2. The zero-order chi connectivity index (χ0) is 22.5. The number of carboxylic acids is 1. The summed E-state index contributed by atoms with van der Waals surface area (Å²) in [5.41, 5.74) is 0.911. The number of ether oxygens (including phenoxy) is 2. The summed E-state index contributed by atoms with van der Waals surface area (Å²) in [6.45, 7) is 4.65.